The van der Waals surface area contributed by atoms with Crippen LogP contribution in [0.5, 0.6) is 0 Å². The molecule has 1 aromatic heterocycles. The molecule has 0 unspecified atom stereocenters. The van der Waals surface area contributed by atoms with Crippen molar-refractivity contribution in [1.82, 2.24) is 0 Å². The maximum atomic E-state index is 3.82. The lowest BCUT2D eigenvalue weighted by Crippen LogP contribution is -1.78. The van der Waals surface area contributed by atoms with Crippen LogP contribution in [0, 0.1) is 0 Å². The largest absolute Gasteiger partial charge is 0.140 e. The van der Waals surface area contributed by atoms with Crippen LogP contribution in [0.2, 0.25) is 0 Å². The zero-order valence-electron chi connectivity index (χ0n) is 8.50. The average molecular weight is 192 g/mol. The summed E-state index contributed by atoms with van der Waals surface area (Å²) in [5.41, 5.74) is 1.30. The summed E-state index contributed by atoms with van der Waals surface area (Å²) in [4.78, 5) is 2.71. The summed E-state index contributed by atoms with van der Waals surface area (Å²) in [6.45, 7) is 10.3. The molecule has 0 amide bonds. The molecular formula is C12H16S. The predicted octanol–water partition coefficient (Wildman–Crippen LogP) is 4.55. The number of hydrogen-bond donors (Lipinski definition) is 0. The van der Waals surface area contributed by atoms with Gasteiger partial charge in [-0.15, -0.1) is 11.3 Å². The van der Waals surface area contributed by atoms with E-state index >= 15 is 0 Å². The quantitative estimate of drug-likeness (QED) is 0.659. The van der Waals surface area contributed by atoms with Crippen molar-refractivity contribution in [3.8, 4) is 0 Å². The maximum Gasteiger partial charge on any atom is 0.0339 e. The molecule has 0 radical (unpaired) electrons. The van der Waals surface area contributed by atoms with Crippen molar-refractivity contribution in [3.63, 3.8) is 0 Å². The van der Waals surface area contributed by atoms with Crippen molar-refractivity contribution in [2.45, 2.75) is 26.7 Å². The van der Waals surface area contributed by atoms with Crippen LogP contribution >= 0.6 is 11.3 Å². The van der Waals surface area contributed by atoms with E-state index in [1.54, 1.807) is 0 Å². The van der Waals surface area contributed by atoms with Gasteiger partial charge in [0.2, 0.25) is 0 Å². The van der Waals surface area contributed by atoms with Crippen LogP contribution in [-0.4, -0.2) is 0 Å². The van der Waals surface area contributed by atoms with Gasteiger partial charge in [0.05, 0.1) is 0 Å². The molecular weight excluding hydrogens is 176 g/mol. The van der Waals surface area contributed by atoms with Crippen LogP contribution in [0.25, 0.3) is 12.2 Å². The molecule has 0 saturated carbocycles. The summed E-state index contributed by atoms with van der Waals surface area (Å²) < 4.78 is 0. The SMILES string of the molecule is C=Cc1sc(C(C)C)cc1/C=C\C. The van der Waals surface area contributed by atoms with E-state index in [0.29, 0.717) is 5.92 Å². The molecule has 1 heteroatoms. The third-order valence-electron chi connectivity index (χ3n) is 1.91. The Kier molecular flexibility index (Phi) is 3.49. The molecule has 0 aliphatic rings. The van der Waals surface area contributed by atoms with Crippen LogP contribution in [0.3, 0.4) is 0 Å². The second-order valence-electron chi connectivity index (χ2n) is 3.33. The first-order chi connectivity index (χ1) is 6.19. The number of allylic oxidation sites excluding steroid dienone is 1. The van der Waals surface area contributed by atoms with Gasteiger partial charge >= 0.3 is 0 Å². The molecule has 0 aliphatic heterocycles. The zero-order valence-corrected chi connectivity index (χ0v) is 9.32. The highest BCUT2D eigenvalue weighted by Crippen LogP contribution is 2.29. The second kappa shape index (κ2) is 4.43. The normalized spacial score (nSPS) is 11.4. The highest BCUT2D eigenvalue weighted by Gasteiger charge is 2.06. The summed E-state index contributed by atoms with van der Waals surface area (Å²) in [5.74, 6) is 0.614. The van der Waals surface area contributed by atoms with Crippen LogP contribution in [-0.2, 0) is 0 Å². The fraction of sp³-hybridized carbons (Fsp3) is 0.333. The fourth-order valence-corrected chi connectivity index (χ4v) is 2.20. The summed E-state index contributed by atoms with van der Waals surface area (Å²) in [5, 5.41) is 0. The Balaban J connectivity index is 3.11. The van der Waals surface area contributed by atoms with Gasteiger partial charge in [-0.1, -0.05) is 38.7 Å². The van der Waals surface area contributed by atoms with Gasteiger partial charge < -0.3 is 0 Å². The molecule has 0 atom stereocenters. The Morgan fingerprint density at radius 3 is 2.62 bits per heavy atom. The highest BCUT2D eigenvalue weighted by atomic mass is 32.1. The molecule has 1 rings (SSSR count). The van der Waals surface area contributed by atoms with Crippen LogP contribution in [0.4, 0.5) is 0 Å². The standard InChI is InChI=1S/C12H16S/c1-5-7-10-8-12(9(3)4)13-11(10)6-2/h5-9H,2H2,1,3-4H3/b7-5-. The van der Waals surface area contributed by atoms with Crippen molar-refractivity contribution in [2.24, 2.45) is 0 Å². The summed E-state index contributed by atoms with van der Waals surface area (Å²) >= 11 is 1.84. The van der Waals surface area contributed by atoms with E-state index in [2.05, 4.69) is 38.6 Å². The molecule has 0 N–H and O–H groups in total. The molecule has 0 saturated heterocycles. The molecule has 1 aromatic rings. The topological polar surface area (TPSA) is 0 Å². The third kappa shape index (κ3) is 2.31. The van der Waals surface area contributed by atoms with Gasteiger partial charge in [0.25, 0.3) is 0 Å². The first kappa shape index (κ1) is 10.3. The minimum atomic E-state index is 0.614. The molecule has 0 nitrogen and oxygen atoms in total. The van der Waals surface area contributed by atoms with Crippen molar-refractivity contribution in [3.05, 3.63) is 34.0 Å². The van der Waals surface area contributed by atoms with E-state index in [0.717, 1.165) is 0 Å². The molecule has 0 aromatic carbocycles. The Labute approximate surface area is 84.6 Å². The van der Waals surface area contributed by atoms with Gasteiger partial charge in [-0.05, 0) is 24.5 Å². The lowest BCUT2D eigenvalue weighted by molar-refractivity contribution is 0.889. The summed E-state index contributed by atoms with van der Waals surface area (Å²) in [6, 6.07) is 2.26. The van der Waals surface area contributed by atoms with Crippen molar-refractivity contribution in [1.29, 1.82) is 0 Å². The molecule has 13 heavy (non-hydrogen) atoms. The summed E-state index contributed by atoms with van der Waals surface area (Å²) in [7, 11) is 0. The molecule has 0 aliphatic carbocycles. The van der Waals surface area contributed by atoms with Crippen LogP contribution in [0.1, 0.15) is 42.0 Å². The van der Waals surface area contributed by atoms with Crippen LogP contribution < -0.4 is 0 Å². The van der Waals surface area contributed by atoms with Gasteiger partial charge in [0.1, 0.15) is 0 Å². The smallest absolute Gasteiger partial charge is 0.0339 e. The Morgan fingerprint density at radius 1 is 1.46 bits per heavy atom. The minimum absolute atomic E-state index is 0.614. The summed E-state index contributed by atoms with van der Waals surface area (Å²) in [6.07, 6.45) is 6.14. The lowest BCUT2D eigenvalue weighted by atomic mass is 10.1. The molecule has 0 bridgehead atoms. The number of hydrogen-bond acceptors (Lipinski definition) is 1. The minimum Gasteiger partial charge on any atom is -0.140 e. The van der Waals surface area contributed by atoms with E-state index in [1.807, 2.05) is 24.3 Å². The fourth-order valence-electron chi connectivity index (χ4n) is 1.19. The molecule has 1 heterocycles. The van der Waals surface area contributed by atoms with Gasteiger partial charge in [-0.3, -0.25) is 0 Å². The third-order valence-corrected chi connectivity index (χ3v) is 3.36. The first-order valence-corrected chi connectivity index (χ1v) is 5.39. The monoisotopic (exact) mass is 192 g/mol. The van der Waals surface area contributed by atoms with E-state index < -0.39 is 0 Å². The van der Waals surface area contributed by atoms with Gasteiger partial charge in [-0.25, -0.2) is 0 Å². The van der Waals surface area contributed by atoms with Gasteiger partial charge in [0, 0.05) is 9.75 Å². The maximum absolute atomic E-state index is 3.82. The predicted molar refractivity (Wildman–Crippen MR) is 63.2 cm³/mol. The average Bonchev–Trinajstić information content (AvgIpc) is 2.48. The second-order valence-corrected chi connectivity index (χ2v) is 4.44. The first-order valence-electron chi connectivity index (χ1n) is 4.58. The van der Waals surface area contributed by atoms with E-state index in [-0.39, 0.29) is 0 Å². The van der Waals surface area contributed by atoms with Crippen molar-refractivity contribution < 1.29 is 0 Å². The number of thiophene rings is 1. The Morgan fingerprint density at radius 2 is 2.15 bits per heavy atom. The zero-order chi connectivity index (χ0) is 9.84. The van der Waals surface area contributed by atoms with Crippen LogP contribution in [0.15, 0.2) is 18.7 Å². The van der Waals surface area contributed by atoms with E-state index in [9.17, 15) is 0 Å². The van der Waals surface area contributed by atoms with E-state index in [4.69, 9.17) is 0 Å². The van der Waals surface area contributed by atoms with Crippen molar-refractivity contribution in [2.75, 3.05) is 0 Å². The Bertz CT molecular complexity index is 316. The van der Waals surface area contributed by atoms with Gasteiger partial charge in [-0.2, -0.15) is 0 Å². The number of rotatable bonds is 3. The molecule has 0 fully saturated rings. The highest BCUT2D eigenvalue weighted by molar-refractivity contribution is 7.13. The van der Waals surface area contributed by atoms with Gasteiger partial charge in [0.15, 0.2) is 0 Å². The molecule has 0 spiro atoms. The van der Waals surface area contributed by atoms with Crippen molar-refractivity contribution >= 4 is 23.5 Å². The lowest BCUT2D eigenvalue weighted by Gasteiger charge is -1.96. The van der Waals surface area contributed by atoms with E-state index in [1.165, 1.54) is 15.3 Å². The Hall–Kier alpha value is -0.820. The molecule has 70 valence electrons.